The Morgan fingerprint density at radius 1 is 1.14 bits per heavy atom. The van der Waals surface area contributed by atoms with Crippen molar-refractivity contribution in [2.75, 3.05) is 11.9 Å². The first kappa shape index (κ1) is 20.1. The predicted molar refractivity (Wildman–Crippen MR) is 108 cm³/mol. The molecule has 0 fully saturated rings. The van der Waals surface area contributed by atoms with E-state index in [1.165, 1.54) is 0 Å². The SMILES string of the molecule is Cc1c(C#N)c(NC(=O)COCc2ccccc2)c(O)c(F)c1-c1ccccc1. The smallest absolute Gasteiger partial charge is 0.250 e. The lowest BCUT2D eigenvalue weighted by molar-refractivity contribution is -0.121. The molecule has 2 N–H and O–H groups in total. The van der Waals surface area contributed by atoms with Gasteiger partial charge in [-0.2, -0.15) is 5.26 Å². The van der Waals surface area contributed by atoms with Gasteiger partial charge < -0.3 is 15.2 Å². The van der Waals surface area contributed by atoms with Crippen LogP contribution in [0.15, 0.2) is 60.7 Å². The molecule has 0 radical (unpaired) electrons. The molecule has 0 aromatic heterocycles. The third-order valence-corrected chi connectivity index (χ3v) is 4.45. The molecule has 0 unspecified atom stereocenters. The van der Waals surface area contributed by atoms with E-state index in [0.717, 1.165) is 5.56 Å². The molecule has 0 aliphatic carbocycles. The van der Waals surface area contributed by atoms with Crippen molar-refractivity contribution in [3.63, 3.8) is 0 Å². The van der Waals surface area contributed by atoms with Crippen molar-refractivity contribution in [2.24, 2.45) is 0 Å². The molecular formula is C23H19FN2O3. The van der Waals surface area contributed by atoms with Crippen LogP contribution in [-0.4, -0.2) is 17.6 Å². The number of benzene rings is 3. The van der Waals surface area contributed by atoms with E-state index in [1.54, 1.807) is 37.3 Å². The minimum Gasteiger partial charge on any atom is -0.503 e. The Balaban J connectivity index is 1.82. The van der Waals surface area contributed by atoms with Gasteiger partial charge >= 0.3 is 0 Å². The average molecular weight is 390 g/mol. The van der Waals surface area contributed by atoms with Gasteiger partial charge in [-0.1, -0.05) is 60.7 Å². The molecule has 146 valence electrons. The van der Waals surface area contributed by atoms with Crippen LogP contribution in [0.4, 0.5) is 10.1 Å². The average Bonchev–Trinajstić information content (AvgIpc) is 2.74. The predicted octanol–water partition coefficient (Wildman–Crippen LogP) is 4.53. The molecule has 0 aliphatic rings. The van der Waals surface area contributed by atoms with E-state index in [1.807, 2.05) is 36.4 Å². The third-order valence-electron chi connectivity index (χ3n) is 4.45. The number of hydrogen-bond acceptors (Lipinski definition) is 4. The van der Waals surface area contributed by atoms with E-state index in [4.69, 9.17) is 4.74 Å². The second-order valence-corrected chi connectivity index (χ2v) is 6.42. The van der Waals surface area contributed by atoms with E-state index < -0.39 is 17.5 Å². The molecule has 0 heterocycles. The number of hydrogen-bond donors (Lipinski definition) is 2. The highest BCUT2D eigenvalue weighted by Gasteiger charge is 2.24. The normalized spacial score (nSPS) is 10.4. The molecule has 5 nitrogen and oxygen atoms in total. The van der Waals surface area contributed by atoms with Crippen LogP contribution >= 0.6 is 0 Å². The number of carbonyl (C=O) groups is 1. The Hall–Kier alpha value is -3.69. The minimum atomic E-state index is -0.895. The van der Waals surface area contributed by atoms with Gasteiger partial charge in [-0.25, -0.2) is 4.39 Å². The fraction of sp³-hybridized carbons (Fsp3) is 0.130. The van der Waals surface area contributed by atoms with Crippen molar-refractivity contribution < 1.29 is 19.0 Å². The quantitative estimate of drug-likeness (QED) is 0.606. The monoisotopic (exact) mass is 390 g/mol. The van der Waals surface area contributed by atoms with Gasteiger partial charge in [0.05, 0.1) is 12.2 Å². The van der Waals surface area contributed by atoms with Gasteiger partial charge in [-0.05, 0) is 23.6 Å². The lowest BCUT2D eigenvalue weighted by Crippen LogP contribution is -2.19. The van der Waals surface area contributed by atoms with Crippen LogP contribution in [0.2, 0.25) is 0 Å². The number of carbonyl (C=O) groups excluding carboxylic acids is 1. The van der Waals surface area contributed by atoms with Crippen molar-refractivity contribution in [1.82, 2.24) is 0 Å². The number of nitrogens with one attached hydrogen (secondary N) is 1. The summed E-state index contributed by atoms with van der Waals surface area (Å²) in [6.07, 6.45) is 0. The van der Waals surface area contributed by atoms with Crippen molar-refractivity contribution >= 4 is 11.6 Å². The molecule has 3 aromatic carbocycles. The summed E-state index contributed by atoms with van der Waals surface area (Å²) in [5.41, 5.74) is 1.62. The zero-order chi connectivity index (χ0) is 20.8. The first-order chi connectivity index (χ1) is 14.0. The summed E-state index contributed by atoms with van der Waals surface area (Å²) < 4.78 is 20.3. The molecule has 0 saturated heterocycles. The molecule has 0 saturated carbocycles. The first-order valence-electron chi connectivity index (χ1n) is 8.95. The molecule has 0 aliphatic heterocycles. The standard InChI is InChI=1S/C23H19FN2O3/c1-15-18(12-25)22(23(28)21(24)20(15)17-10-6-3-7-11-17)26-19(27)14-29-13-16-8-4-2-5-9-16/h2-11,28H,13-14H2,1H3,(H,26,27). The van der Waals surface area contributed by atoms with Crippen LogP contribution in [0, 0.1) is 24.1 Å². The number of phenols is 1. The fourth-order valence-corrected chi connectivity index (χ4v) is 3.04. The molecule has 1 amide bonds. The molecule has 6 heteroatoms. The van der Waals surface area contributed by atoms with Gasteiger partial charge in [0, 0.05) is 5.56 Å². The maximum absolute atomic E-state index is 14.9. The Bertz CT molecular complexity index is 1060. The largest absolute Gasteiger partial charge is 0.503 e. The maximum atomic E-state index is 14.9. The van der Waals surface area contributed by atoms with Gasteiger partial charge in [0.25, 0.3) is 5.91 Å². The van der Waals surface area contributed by atoms with E-state index in [0.29, 0.717) is 11.1 Å². The number of phenolic OH excluding ortho intramolecular Hbond substituents is 1. The molecular weight excluding hydrogens is 371 g/mol. The summed E-state index contributed by atoms with van der Waals surface area (Å²) in [5, 5.41) is 22.3. The van der Waals surface area contributed by atoms with E-state index in [9.17, 15) is 19.6 Å². The number of amides is 1. The second kappa shape index (κ2) is 9.00. The second-order valence-electron chi connectivity index (χ2n) is 6.42. The number of anilines is 1. The van der Waals surface area contributed by atoms with Gasteiger partial charge in [0.2, 0.25) is 0 Å². The summed E-state index contributed by atoms with van der Waals surface area (Å²) in [5.74, 6) is -2.27. The van der Waals surface area contributed by atoms with Crippen molar-refractivity contribution in [3.8, 4) is 22.9 Å². The van der Waals surface area contributed by atoms with Gasteiger partial charge in [0.1, 0.15) is 18.4 Å². The summed E-state index contributed by atoms with van der Waals surface area (Å²) in [6.45, 7) is 1.50. The molecule has 0 spiro atoms. The topological polar surface area (TPSA) is 82.4 Å². The highest BCUT2D eigenvalue weighted by molar-refractivity contribution is 5.96. The van der Waals surface area contributed by atoms with Crippen LogP contribution in [0.5, 0.6) is 5.75 Å². The van der Waals surface area contributed by atoms with Crippen molar-refractivity contribution in [2.45, 2.75) is 13.5 Å². The number of nitriles is 1. The highest BCUT2D eigenvalue weighted by atomic mass is 19.1. The van der Waals surface area contributed by atoms with Crippen LogP contribution in [-0.2, 0) is 16.1 Å². The lowest BCUT2D eigenvalue weighted by Gasteiger charge is -2.16. The number of aromatic hydroxyl groups is 1. The zero-order valence-electron chi connectivity index (χ0n) is 15.8. The highest BCUT2D eigenvalue weighted by Crippen LogP contribution is 2.40. The van der Waals surface area contributed by atoms with Crippen LogP contribution in [0.25, 0.3) is 11.1 Å². The van der Waals surface area contributed by atoms with E-state index in [-0.39, 0.29) is 30.0 Å². The number of halogens is 1. The number of nitrogens with zero attached hydrogens (tertiary/aromatic N) is 1. The first-order valence-corrected chi connectivity index (χ1v) is 8.95. The van der Waals surface area contributed by atoms with Crippen molar-refractivity contribution in [1.29, 1.82) is 5.26 Å². The molecule has 29 heavy (non-hydrogen) atoms. The van der Waals surface area contributed by atoms with E-state index >= 15 is 0 Å². The molecule has 0 bridgehead atoms. The van der Waals surface area contributed by atoms with Gasteiger partial charge in [-0.3, -0.25) is 4.79 Å². The van der Waals surface area contributed by atoms with Crippen LogP contribution in [0.3, 0.4) is 0 Å². The summed E-state index contributed by atoms with van der Waals surface area (Å²) in [6, 6.07) is 19.9. The number of ether oxygens (including phenoxy) is 1. The van der Waals surface area contributed by atoms with Crippen LogP contribution in [0.1, 0.15) is 16.7 Å². The molecule has 3 aromatic rings. The van der Waals surface area contributed by atoms with E-state index in [2.05, 4.69) is 5.32 Å². The summed E-state index contributed by atoms with van der Waals surface area (Å²) in [4.78, 5) is 12.2. The Morgan fingerprint density at radius 3 is 2.38 bits per heavy atom. The summed E-state index contributed by atoms with van der Waals surface area (Å²) >= 11 is 0. The van der Waals surface area contributed by atoms with Gasteiger partial charge in [-0.15, -0.1) is 0 Å². The lowest BCUT2D eigenvalue weighted by atomic mass is 9.94. The van der Waals surface area contributed by atoms with Gasteiger partial charge in [0.15, 0.2) is 11.6 Å². The molecule has 3 rings (SSSR count). The fourth-order valence-electron chi connectivity index (χ4n) is 3.04. The van der Waals surface area contributed by atoms with Crippen molar-refractivity contribution in [3.05, 3.63) is 83.2 Å². The molecule has 0 atom stereocenters. The van der Waals surface area contributed by atoms with Crippen LogP contribution < -0.4 is 5.32 Å². The third kappa shape index (κ3) is 4.42. The Morgan fingerprint density at radius 2 is 1.76 bits per heavy atom. The minimum absolute atomic E-state index is 0.000776. The maximum Gasteiger partial charge on any atom is 0.250 e. The zero-order valence-corrected chi connectivity index (χ0v) is 15.8. The number of rotatable bonds is 6. The summed E-state index contributed by atoms with van der Waals surface area (Å²) in [7, 11) is 0. The Kier molecular flexibility index (Phi) is 6.22. The Labute approximate surface area is 168 Å².